The molecule has 0 bridgehead atoms. The molecule has 0 saturated heterocycles. The summed E-state index contributed by atoms with van der Waals surface area (Å²) in [5.74, 6) is 2.05. The van der Waals surface area contributed by atoms with E-state index in [0.29, 0.717) is 42.5 Å². The lowest BCUT2D eigenvalue weighted by Gasteiger charge is -2.29. The number of benzene rings is 3. The van der Waals surface area contributed by atoms with Crippen LogP contribution < -0.4 is 24.3 Å². The Morgan fingerprint density at radius 1 is 0.737 bits per heavy atom. The second kappa shape index (κ2) is 13.9. The van der Waals surface area contributed by atoms with Gasteiger partial charge in [0.15, 0.2) is 23.0 Å². The lowest BCUT2D eigenvalue weighted by molar-refractivity contribution is -0.140. The normalized spacial score (nSPS) is 11.3. The molecule has 202 valence electrons. The second-order valence-electron chi connectivity index (χ2n) is 8.78. The van der Waals surface area contributed by atoms with Gasteiger partial charge in [-0.05, 0) is 54.3 Å². The zero-order valence-corrected chi connectivity index (χ0v) is 22.7. The van der Waals surface area contributed by atoms with Gasteiger partial charge in [-0.1, -0.05) is 42.5 Å². The number of amides is 2. The first-order chi connectivity index (χ1) is 18.4. The lowest BCUT2D eigenvalue weighted by atomic mass is 10.1. The molecule has 1 N–H and O–H groups in total. The highest BCUT2D eigenvalue weighted by Gasteiger charge is 2.26. The van der Waals surface area contributed by atoms with Gasteiger partial charge in [0.1, 0.15) is 6.04 Å². The molecule has 0 saturated carbocycles. The molecule has 0 unspecified atom stereocenters. The van der Waals surface area contributed by atoms with Gasteiger partial charge in [-0.2, -0.15) is 0 Å². The van der Waals surface area contributed by atoms with Crippen LogP contribution in [0.3, 0.4) is 0 Å². The van der Waals surface area contributed by atoms with Gasteiger partial charge >= 0.3 is 0 Å². The van der Waals surface area contributed by atoms with Crippen molar-refractivity contribution in [2.45, 2.75) is 32.4 Å². The Balaban J connectivity index is 1.70. The standard InChI is InChI=1S/C30H36N2O6/c1-21(30(34)31-16-15-22-11-13-25(35-2)27(17-22)37-4)32(20-23-9-7-6-8-10-23)29(33)19-24-12-14-26(36-3)28(18-24)38-5/h6-14,17-18,21H,15-16,19-20H2,1-5H3,(H,31,34)/t21-/m0/s1. The van der Waals surface area contributed by atoms with Crippen molar-refractivity contribution in [1.82, 2.24) is 10.2 Å². The third-order valence-corrected chi connectivity index (χ3v) is 6.33. The Hall–Kier alpha value is -4.20. The molecule has 8 nitrogen and oxygen atoms in total. The summed E-state index contributed by atoms with van der Waals surface area (Å²) >= 11 is 0. The average Bonchev–Trinajstić information content (AvgIpc) is 2.95. The SMILES string of the molecule is COc1ccc(CCNC(=O)[C@H](C)N(Cc2ccccc2)C(=O)Cc2ccc(OC)c(OC)c2)cc1OC. The summed E-state index contributed by atoms with van der Waals surface area (Å²) in [6.07, 6.45) is 0.730. The molecular formula is C30H36N2O6. The van der Waals surface area contributed by atoms with Crippen LogP contribution in [0, 0.1) is 0 Å². The number of methoxy groups -OCH3 is 4. The van der Waals surface area contributed by atoms with Crippen molar-refractivity contribution >= 4 is 11.8 Å². The van der Waals surface area contributed by atoms with Crippen molar-refractivity contribution < 1.29 is 28.5 Å². The molecule has 0 spiro atoms. The Morgan fingerprint density at radius 2 is 1.29 bits per heavy atom. The van der Waals surface area contributed by atoms with E-state index in [4.69, 9.17) is 18.9 Å². The van der Waals surface area contributed by atoms with Crippen molar-refractivity contribution in [3.05, 3.63) is 83.4 Å². The monoisotopic (exact) mass is 520 g/mol. The smallest absolute Gasteiger partial charge is 0.242 e. The average molecular weight is 521 g/mol. The van der Waals surface area contributed by atoms with E-state index < -0.39 is 6.04 Å². The molecular weight excluding hydrogens is 484 g/mol. The van der Waals surface area contributed by atoms with Crippen LogP contribution in [0.5, 0.6) is 23.0 Å². The van der Waals surface area contributed by atoms with Crippen LogP contribution in [0.2, 0.25) is 0 Å². The topological polar surface area (TPSA) is 86.3 Å². The van der Waals surface area contributed by atoms with Gasteiger partial charge in [0, 0.05) is 13.1 Å². The molecule has 8 heteroatoms. The maximum Gasteiger partial charge on any atom is 0.242 e. The number of hydrogen-bond donors (Lipinski definition) is 1. The number of nitrogens with zero attached hydrogens (tertiary/aromatic N) is 1. The van der Waals surface area contributed by atoms with Crippen molar-refractivity contribution in [3.63, 3.8) is 0 Å². The summed E-state index contributed by atoms with van der Waals surface area (Å²) in [6, 6.07) is 20.0. The molecule has 1 atom stereocenters. The molecule has 0 aliphatic heterocycles. The predicted molar refractivity (Wildman–Crippen MR) is 146 cm³/mol. The summed E-state index contributed by atoms with van der Waals surface area (Å²) in [5, 5.41) is 2.97. The summed E-state index contributed by atoms with van der Waals surface area (Å²) in [7, 11) is 6.30. The van der Waals surface area contributed by atoms with Crippen LogP contribution in [0.15, 0.2) is 66.7 Å². The van der Waals surface area contributed by atoms with E-state index >= 15 is 0 Å². The molecule has 0 aromatic heterocycles. The van der Waals surface area contributed by atoms with E-state index in [9.17, 15) is 9.59 Å². The van der Waals surface area contributed by atoms with Crippen molar-refractivity contribution in [1.29, 1.82) is 0 Å². The minimum Gasteiger partial charge on any atom is -0.493 e. The molecule has 0 heterocycles. The minimum atomic E-state index is -0.673. The van der Waals surface area contributed by atoms with Gasteiger partial charge in [-0.3, -0.25) is 9.59 Å². The minimum absolute atomic E-state index is 0.121. The van der Waals surface area contributed by atoms with Gasteiger partial charge in [-0.15, -0.1) is 0 Å². The zero-order valence-electron chi connectivity index (χ0n) is 22.7. The fraction of sp³-hybridized carbons (Fsp3) is 0.333. The van der Waals surface area contributed by atoms with E-state index in [2.05, 4.69) is 5.32 Å². The molecule has 0 aliphatic carbocycles. The Bertz CT molecular complexity index is 1210. The maximum absolute atomic E-state index is 13.5. The number of nitrogens with one attached hydrogen (secondary N) is 1. The molecule has 0 radical (unpaired) electrons. The van der Waals surface area contributed by atoms with E-state index in [0.717, 1.165) is 16.7 Å². The van der Waals surface area contributed by atoms with Crippen LogP contribution in [0.1, 0.15) is 23.6 Å². The van der Waals surface area contributed by atoms with Crippen LogP contribution >= 0.6 is 0 Å². The summed E-state index contributed by atoms with van der Waals surface area (Å²) in [4.78, 5) is 28.2. The Labute approximate surface area is 224 Å². The maximum atomic E-state index is 13.5. The first-order valence-electron chi connectivity index (χ1n) is 12.4. The van der Waals surface area contributed by atoms with Crippen molar-refractivity contribution in [2.24, 2.45) is 0 Å². The van der Waals surface area contributed by atoms with Gasteiger partial charge in [-0.25, -0.2) is 0 Å². The summed E-state index contributed by atoms with van der Waals surface area (Å²) in [6.45, 7) is 2.49. The largest absolute Gasteiger partial charge is 0.493 e. The number of ether oxygens (including phenoxy) is 4. The van der Waals surface area contributed by atoms with Crippen LogP contribution in [-0.4, -0.2) is 57.7 Å². The highest BCUT2D eigenvalue weighted by Crippen LogP contribution is 2.29. The quantitative estimate of drug-likeness (QED) is 0.366. The van der Waals surface area contributed by atoms with E-state index in [1.54, 1.807) is 52.4 Å². The Kier molecular flexibility index (Phi) is 10.4. The van der Waals surface area contributed by atoms with Crippen molar-refractivity contribution in [3.8, 4) is 23.0 Å². The Morgan fingerprint density at radius 3 is 1.87 bits per heavy atom. The van der Waals surface area contributed by atoms with Gasteiger partial charge in [0.2, 0.25) is 11.8 Å². The first kappa shape index (κ1) is 28.4. The van der Waals surface area contributed by atoms with E-state index in [1.165, 1.54) is 0 Å². The van der Waals surface area contributed by atoms with Gasteiger partial charge < -0.3 is 29.2 Å². The second-order valence-corrected chi connectivity index (χ2v) is 8.78. The van der Waals surface area contributed by atoms with Crippen LogP contribution in [0.25, 0.3) is 0 Å². The molecule has 3 aromatic rings. The molecule has 3 aromatic carbocycles. The predicted octanol–water partition coefficient (Wildman–Crippen LogP) is 4.04. The number of carbonyl (C=O) groups is 2. The van der Waals surface area contributed by atoms with Crippen LogP contribution in [0.4, 0.5) is 0 Å². The fourth-order valence-electron chi connectivity index (χ4n) is 4.14. The van der Waals surface area contributed by atoms with Crippen molar-refractivity contribution in [2.75, 3.05) is 35.0 Å². The highest BCUT2D eigenvalue weighted by atomic mass is 16.5. The third-order valence-electron chi connectivity index (χ3n) is 6.33. The zero-order chi connectivity index (χ0) is 27.5. The molecule has 0 aliphatic rings. The van der Waals surface area contributed by atoms with E-state index in [1.807, 2.05) is 54.6 Å². The summed E-state index contributed by atoms with van der Waals surface area (Å²) in [5.41, 5.74) is 2.71. The first-order valence-corrected chi connectivity index (χ1v) is 12.4. The lowest BCUT2D eigenvalue weighted by Crippen LogP contribution is -2.48. The van der Waals surface area contributed by atoms with Gasteiger partial charge in [0.05, 0.1) is 34.9 Å². The molecule has 2 amide bonds. The van der Waals surface area contributed by atoms with Crippen LogP contribution in [-0.2, 0) is 29.0 Å². The number of carbonyl (C=O) groups excluding carboxylic acids is 2. The molecule has 38 heavy (non-hydrogen) atoms. The highest BCUT2D eigenvalue weighted by molar-refractivity contribution is 5.88. The van der Waals surface area contributed by atoms with Gasteiger partial charge in [0.25, 0.3) is 0 Å². The molecule has 0 fully saturated rings. The number of hydrogen-bond acceptors (Lipinski definition) is 6. The third kappa shape index (κ3) is 7.41. The van der Waals surface area contributed by atoms with E-state index in [-0.39, 0.29) is 18.2 Å². The number of rotatable bonds is 13. The fourth-order valence-corrected chi connectivity index (χ4v) is 4.14. The molecule has 3 rings (SSSR count). The summed E-state index contributed by atoms with van der Waals surface area (Å²) < 4.78 is 21.3.